The summed E-state index contributed by atoms with van der Waals surface area (Å²) in [7, 11) is 3.21. The Kier molecular flexibility index (Phi) is 8.14. The van der Waals surface area contributed by atoms with E-state index in [1.165, 1.54) is 23.9 Å². The Morgan fingerprint density at radius 2 is 1.68 bits per heavy atom. The SMILES string of the molecule is COc1ccc(CCn2c(SCc3ccc(F)cc3)nc3ccc(N4CCOCC4)cc3c2=O)cc1OC. The van der Waals surface area contributed by atoms with Gasteiger partial charge in [0.1, 0.15) is 5.82 Å². The van der Waals surface area contributed by atoms with Crippen LogP contribution in [-0.4, -0.2) is 50.1 Å². The molecule has 0 unspecified atom stereocenters. The minimum atomic E-state index is -0.273. The molecule has 0 spiro atoms. The van der Waals surface area contributed by atoms with Crippen molar-refractivity contribution in [2.45, 2.75) is 23.9 Å². The molecule has 1 aliphatic rings. The smallest absolute Gasteiger partial charge is 0.262 e. The van der Waals surface area contributed by atoms with Gasteiger partial charge >= 0.3 is 0 Å². The first-order chi connectivity index (χ1) is 18.6. The summed E-state index contributed by atoms with van der Waals surface area (Å²) in [5.74, 6) is 1.60. The lowest BCUT2D eigenvalue weighted by molar-refractivity contribution is 0.122. The predicted octanol–water partition coefficient (Wildman–Crippen LogP) is 4.92. The summed E-state index contributed by atoms with van der Waals surface area (Å²) in [5.41, 5.74) is 3.56. The average molecular weight is 536 g/mol. The standard InChI is InChI=1S/C29H30FN3O4S/c1-35-26-10-5-20(17-27(26)36-2)11-12-33-28(34)24-18-23(32-13-15-37-16-14-32)8-9-25(24)31-29(33)38-19-21-3-6-22(30)7-4-21/h3-10,17-18H,11-16,19H2,1-2H3. The third kappa shape index (κ3) is 5.79. The third-order valence-corrected chi connectivity index (χ3v) is 7.68. The average Bonchev–Trinajstić information content (AvgIpc) is 2.96. The molecule has 198 valence electrons. The van der Waals surface area contributed by atoms with Gasteiger partial charge in [0.05, 0.1) is 38.3 Å². The summed E-state index contributed by atoms with van der Waals surface area (Å²) in [6.07, 6.45) is 0.612. The molecule has 0 amide bonds. The van der Waals surface area contributed by atoms with Crippen molar-refractivity contribution in [2.75, 3.05) is 45.4 Å². The number of methoxy groups -OCH3 is 2. The number of nitrogens with zero attached hydrogens (tertiary/aromatic N) is 3. The monoisotopic (exact) mass is 535 g/mol. The molecule has 38 heavy (non-hydrogen) atoms. The Hall–Kier alpha value is -3.56. The molecule has 0 bridgehead atoms. The van der Waals surface area contributed by atoms with Crippen LogP contribution in [0.1, 0.15) is 11.1 Å². The van der Waals surface area contributed by atoms with Gasteiger partial charge in [-0.3, -0.25) is 9.36 Å². The van der Waals surface area contributed by atoms with Gasteiger partial charge in [0.25, 0.3) is 5.56 Å². The molecule has 7 nitrogen and oxygen atoms in total. The molecule has 2 heterocycles. The maximum absolute atomic E-state index is 13.9. The third-order valence-electron chi connectivity index (χ3n) is 6.63. The first-order valence-electron chi connectivity index (χ1n) is 12.5. The lowest BCUT2D eigenvalue weighted by atomic mass is 10.1. The summed E-state index contributed by atoms with van der Waals surface area (Å²) < 4.78 is 31.4. The molecule has 0 saturated carbocycles. The van der Waals surface area contributed by atoms with Gasteiger partial charge in [-0.2, -0.15) is 0 Å². The van der Waals surface area contributed by atoms with E-state index >= 15 is 0 Å². The minimum Gasteiger partial charge on any atom is -0.493 e. The number of ether oxygens (including phenoxy) is 3. The molecule has 1 fully saturated rings. The van der Waals surface area contributed by atoms with Gasteiger partial charge in [0.2, 0.25) is 0 Å². The van der Waals surface area contributed by atoms with Crippen molar-refractivity contribution < 1.29 is 18.6 Å². The zero-order chi connectivity index (χ0) is 26.5. The highest BCUT2D eigenvalue weighted by Crippen LogP contribution is 2.29. The second-order valence-corrected chi connectivity index (χ2v) is 9.95. The Morgan fingerprint density at radius 1 is 0.947 bits per heavy atom. The van der Waals surface area contributed by atoms with Crippen LogP contribution >= 0.6 is 11.8 Å². The van der Waals surface area contributed by atoms with Gasteiger partial charge in [0.15, 0.2) is 16.7 Å². The molecule has 1 aliphatic heterocycles. The number of thioether (sulfide) groups is 1. The van der Waals surface area contributed by atoms with Gasteiger partial charge < -0.3 is 19.1 Å². The Labute approximate surface area is 225 Å². The highest BCUT2D eigenvalue weighted by atomic mass is 32.2. The zero-order valence-corrected chi connectivity index (χ0v) is 22.3. The largest absolute Gasteiger partial charge is 0.493 e. The fourth-order valence-corrected chi connectivity index (χ4v) is 5.50. The Morgan fingerprint density at radius 3 is 2.42 bits per heavy atom. The number of hydrogen-bond donors (Lipinski definition) is 0. The number of fused-ring (bicyclic) bond motifs is 1. The van der Waals surface area contributed by atoms with Crippen LogP contribution in [0.25, 0.3) is 10.9 Å². The molecule has 9 heteroatoms. The molecule has 1 saturated heterocycles. The van der Waals surface area contributed by atoms with Gasteiger partial charge in [-0.1, -0.05) is 30.0 Å². The van der Waals surface area contributed by atoms with E-state index in [0.717, 1.165) is 29.9 Å². The van der Waals surface area contributed by atoms with E-state index < -0.39 is 0 Å². The van der Waals surface area contributed by atoms with Crippen molar-refractivity contribution in [2.24, 2.45) is 0 Å². The second kappa shape index (κ2) is 11.9. The van der Waals surface area contributed by atoms with Gasteiger partial charge in [0, 0.05) is 31.1 Å². The van der Waals surface area contributed by atoms with Crippen LogP contribution in [-0.2, 0) is 23.5 Å². The van der Waals surface area contributed by atoms with E-state index in [1.807, 2.05) is 36.4 Å². The van der Waals surface area contributed by atoms with E-state index in [4.69, 9.17) is 19.2 Å². The van der Waals surface area contributed by atoms with Crippen LogP contribution in [0.15, 0.2) is 70.6 Å². The number of benzene rings is 3. The highest BCUT2D eigenvalue weighted by molar-refractivity contribution is 7.98. The lowest BCUT2D eigenvalue weighted by Crippen LogP contribution is -2.36. The highest BCUT2D eigenvalue weighted by Gasteiger charge is 2.16. The normalized spacial score (nSPS) is 13.6. The summed E-state index contributed by atoms with van der Waals surface area (Å²) >= 11 is 1.47. The van der Waals surface area contributed by atoms with Crippen LogP contribution in [0.5, 0.6) is 11.5 Å². The van der Waals surface area contributed by atoms with E-state index in [2.05, 4.69) is 4.90 Å². The van der Waals surface area contributed by atoms with Crippen molar-refractivity contribution in [1.82, 2.24) is 9.55 Å². The van der Waals surface area contributed by atoms with Crippen molar-refractivity contribution in [3.05, 3.63) is 88.0 Å². The summed E-state index contributed by atoms with van der Waals surface area (Å²) in [4.78, 5) is 21.0. The quantitative estimate of drug-likeness (QED) is 0.223. The molecular formula is C29H30FN3O4S. The fourth-order valence-electron chi connectivity index (χ4n) is 4.52. The van der Waals surface area contributed by atoms with Crippen LogP contribution in [0.2, 0.25) is 0 Å². The van der Waals surface area contributed by atoms with Crippen molar-refractivity contribution in [3.8, 4) is 11.5 Å². The summed E-state index contributed by atoms with van der Waals surface area (Å²) in [6, 6.07) is 18.1. The summed E-state index contributed by atoms with van der Waals surface area (Å²) in [6.45, 7) is 3.37. The first kappa shape index (κ1) is 26.1. The lowest BCUT2D eigenvalue weighted by Gasteiger charge is -2.29. The van der Waals surface area contributed by atoms with Gasteiger partial charge in [-0.15, -0.1) is 0 Å². The number of aromatic nitrogens is 2. The van der Waals surface area contributed by atoms with Crippen molar-refractivity contribution in [3.63, 3.8) is 0 Å². The Bertz CT molecular complexity index is 1470. The molecule has 0 N–H and O–H groups in total. The van der Waals surface area contributed by atoms with Crippen LogP contribution in [0, 0.1) is 5.82 Å². The van der Waals surface area contributed by atoms with Crippen LogP contribution in [0.3, 0.4) is 0 Å². The maximum Gasteiger partial charge on any atom is 0.262 e. The second-order valence-electron chi connectivity index (χ2n) is 9.01. The number of hydrogen-bond acceptors (Lipinski definition) is 7. The number of aryl methyl sites for hydroxylation is 1. The van der Waals surface area contributed by atoms with Gasteiger partial charge in [-0.05, 0) is 60.0 Å². The molecule has 3 aromatic carbocycles. The van der Waals surface area contributed by atoms with E-state index in [-0.39, 0.29) is 11.4 Å². The van der Waals surface area contributed by atoms with Crippen LogP contribution < -0.4 is 19.9 Å². The molecule has 5 rings (SSSR count). The summed E-state index contributed by atoms with van der Waals surface area (Å²) in [5, 5.41) is 1.22. The molecular weight excluding hydrogens is 505 g/mol. The molecule has 0 aliphatic carbocycles. The van der Waals surface area contributed by atoms with Gasteiger partial charge in [-0.25, -0.2) is 9.37 Å². The Balaban J connectivity index is 1.48. The topological polar surface area (TPSA) is 65.8 Å². The molecule has 0 radical (unpaired) electrons. The first-order valence-corrected chi connectivity index (χ1v) is 13.5. The maximum atomic E-state index is 13.9. The molecule has 4 aromatic rings. The molecule has 1 aromatic heterocycles. The predicted molar refractivity (Wildman–Crippen MR) is 148 cm³/mol. The number of morpholine rings is 1. The van der Waals surface area contributed by atoms with E-state index in [1.54, 1.807) is 30.9 Å². The molecule has 0 atom stereocenters. The van der Waals surface area contributed by atoms with Crippen molar-refractivity contribution >= 4 is 28.4 Å². The zero-order valence-electron chi connectivity index (χ0n) is 21.5. The number of anilines is 1. The number of rotatable bonds is 9. The van der Waals surface area contributed by atoms with E-state index in [9.17, 15) is 9.18 Å². The van der Waals surface area contributed by atoms with Crippen molar-refractivity contribution in [1.29, 1.82) is 0 Å². The minimum absolute atomic E-state index is 0.0767. The number of halogens is 1. The van der Waals surface area contributed by atoms with E-state index in [0.29, 0.717) is 59.5 Å². The fraction of sp³-hybridized carbons (Fsp3) is 0.310. The van der Waals surface area contributed by atoms with Crippen LogP contribution in [0.4, 0.5) is 10.1 Å².